The predicted molar refractivity (Wildman–Crippen MR) is 103 cm³/mol. The Kier molecular flexibility index (Phi) is 4.08. The Bertz CT molecular complexity index is 1060. The van der Waals surface area contributed by atoms with Crippen molar-refractivity contribution in [1.29, 1.82) is 0 Å². The maximum atomic E-state index is 14.2. The molecule has 0 unspecified atom stereocenters. The Morgan fingerprint density at radius 2 is 1.92 bits per heavy atom. The molecule has 1 aliphatic rings. The SMILES string of the molecule is CC=C(OC)c1ccc2cccc(-c3ccc(F)c4c3C(=O)CC4)c2c1. The molecule has 0 saturated carbocycles. The lowest BCUT2D eigenvalue weighted by molar-refractivity contribution is 0.0995. The number of Topliss-reactive ketones (excluding diaryl/α,β-unsaturated/α-hetero) is 1. The lowest BCUT2D eigenvalue weighted by atomic mass is 9.91. The van der Waals surface area contributed by atoms with Crippen LogP contribution in [0.3, 0.4) is 0 Å². The molecule has 0 radical (unpaired) electrons. The molecule has 2 nitrogen and oxygen atoms in total. The molecule has 0 spiro atoms. The van der Waals surface area contributed by atoms with E-state index in [0.29, 0.717) is 24.0 Å². The van der Waals surface area contributed by atoms with Gasteiger partial charge < -0.3 is 4.74 Å². The summed E-state index contributed by atoms with van der Waals surface area (Å²) >= 11 is 0. The average molecular weight is 346 g/mol. The van der Waals surface area contributed by atoms with Gasteiger partial charge in [-0.15, -0.1) is 0 Å². The minimum atomic E-state index is -0.286. The van der Waals surface area contributed by atoms with Crippen LogP contribution in [0.1, 0.15) is 34.8 Å². The van der Waals surface area contributed by atoms with E-state index >= 15 is 0 Å². The molecular weight excluding hydrogens is 327 g/mol. The normalized spacial score (nSPS) is 14.0. The second kappa shape index (κ2) is 6.41. The Hall–Kier alpha value is -2.94. The summed E-state index contributed by atoms with van der Waals surface area (Å²) < 4.78 is 19.6. The van der Waals surface area contributed by atoms with Crippen molar-refractivity contribution in [3.8, 4) is 11.1 Å². The third-order valence-electron chi connectivity index (χ3n) is 5.08. The maximum absolute atomic E-state index is 14.2. The molecule has 0 aromatic heterocycles. The number of ether oxygens (including phenoxy) is 1. The summed E-state index contributed by atoms with van der Waals surface area (Å²) in [5.74, 6) is 0.530. The number of carbonyl (C=O) groups excluding carboxylic acids is 1. The van der Waals surface area contributed by atoms with Crippen LogP contribution in [-0.2, 0) is 11.2 Å². The first-order valence-electron chi connectivity index (χ1n) is 8.72. The van der Waals surface area contributed by atoms with Crippen LogP contribution >= 0.6 is 0 Å². The van der Waals surface area contributed by atoms with Gasteiger partial charge in [0.1, 0.15) is 11.6 Å². The van der Waals surface area contributed by atoms with E-state index in [9.17, 15) is 9.18 Å². The smallest absolute Gasteiger partial charge is 0.164 e. The number of ketones is 1. The van der Waals surface area contributed by atoms with Crippen molar-refractivity contribution >= 4 is 22.3 Å². The molecule has 0 aliphatic heterocycles. The number of carbonyl (C=O) groups is 1. The van der Waals surface area contributed by atoms with Gasteiger partial charge in [0.05, 0.1) is 7.11 Å². The molecule has 0 N–H and O–H groups in total. The van der Waals surface area contributed by atoms with Crippen molar-refractivity contribution in [1.82, 2.24) is 0 Å². The van der Waals surface area contributed by atoms with Gasteiger partial charge in [0, 0.05) is 17.5 Å². The molecule has 0 atom stereocenters. The Morgan fingerprint density at radius 1 is 1.08 bits per heavy atom. The van der Waals surface area contributed by atoms with Crippen molar-refractivity contribution in [2.24, 2.45) is 0 Å². The molecule has 130 valence electrons. The van der Waals surface area contributed by atoms with Gasteiger partial charge in [-0.05, 0) is 59.0 Å². The van der Waals surface area contributed by atoms with Gasteiger partial charge in [0.2, 0.25) is 0 Å². The predicted octanol–water partition coefficient (Wildman–Crippen LogP) is 5.78. The summed E-state index contributed by atoms with van der Waals surface area (Å²) in [6.07, 6.45) is 2.78. The number of hydrogen-bond acceptors (Lipinski definition) is 2. The van der Waals surface area contributed by atoms with Gasteiger partial charge in [-0.1, -0.05) is 36.4 Å². The zero-order valence-electron chi connectivity index (χ0n) is 14.8. The highest BCUT2D eigenvalue weighted by molar-refractivity contribution is 6.09. The third kappa shape index (κ3) is 2.51. The van der Waals surface area contributed by atoms with Crippen LogP contribution in [0.25, 0.3) is 27.7 Å². The van der Waals surface area contributed by atoms with Crippen molar-refractivity contribution in [3.05, 3.63) is 77.1 Å². The van der Waals surface area contributed by atoms with Crippen molar-refractivity contribution in [2.45, 2.75) is 19.8 Å². The van der Waals surface area contributed by atoms with Crippen LogP contribution in [0.15, 0.2) is 54.6 Å². The molecule has 0 amide bonds. The number of benzene rings is 3. The van der Waals surface area contributed by atoms with E-state index in [1.165, 1.54) is 6.07 Å². The van der Waals surface area contributed by atoms with E-state index in [-0.39, 0.29) is 11.6 Å². The summed E-state index contributed by atoms with van der Waals surface area (Å²) in [7, 11) is 1.65. The zero-order valence-corrected chi connectivity index (χ0v) is 14.8. The van der Waals surface area contributed by atoms with E-state index in [1.54, 1.807) is 13.2 Å². The van der Waals surface area contributed by atoms with Crippen LogP contribution in [0.5, 0.6) is 0 Å². The summed E-state index contributed by atoms with van der Waals surface area (Å²) in [4.78, 5) is 12.4. The maximum Gasteiger partial charge on any atom is 0.164 e. The molecular formula is C23H19FO2. The summed E-state index contributed by atoms with van der Waals surface area (Å²) in [5.41, 5.74) is 3.82. The quantitative estimate of drug-likeness (QED) is 0.562. The first-order chi connectivity index (χ1) is 12.6. The molecule has 1 aliphatic carbocycles. The molecule has 0 heterocycles. The van der Waals surface area contributed by atoms with Gasteiger partial charge in [0.25, 0.3) is 0 Å². The molecule has 0 saturated heterocycles. The average Bonchev–Trinajstić information content (AvgIpc) is 3.06. The van der Waals surface area contributed by atoms with Crippen LogP contribution < -0.4 is 0 Å². The Morgan fingerprint density at radius 3 is 2.69 bits per heavy atom. The van der Waals surface area contributed by atoms with Crippen LogP contribution in [0.4, 0.5) is 4.39 Å². The highest BCUT2D eigenvalue weighted by atomic mass is 19.1. The topological polar surface area (TPSA) is 26.3 Å². The summed E-state index contributed by atoms with van der Waals surface area (Å²) in [6.45, 7) is 1.93. The number of halogens is 1. The van der Waals surface area contributed by atoms with Crippen molar-refractivity contribution < 1.29 is 13.9 Å². The van der Waals surface area contributed by atoms with Crippen LogP contribution in [0.2, 0.25) is 0 Å². The lowest BCUT2D eigenvalue weighted by Gasteiger charge is -2.13. The number of rotatable bonds is 3. The van der Waals surface area contributed by atoms with Crippen LogP contribution in [0, 0.1) is 5.82 Å². The lowest BCUT2D eigenvalue weighted by Crippen LogP contribution is -1.98. The summed E-state index contributed by atoms with van der Waals surface area (Å²) in [5, 5.41) is 2.09. The highest BCUT2D eigenvalue weighted by Crippen LogP contribution is 2.38. The fraction of sp³-hybridized carbons (Fsp3) is 0.174. The number of methoxy groups -OCH3 is 1. The Labute approximate surface area is 151 Å². The van der Waals surface area contributed by atoms with E-state index < -0.39 is 0 Å². The molecule has 3 aromatic rings. The molecule has 3 heteroatoms. The van der Waals surface area contributed by atoms with Gasteiger partial charge >= 0.3 is 0 Å². The molecule has 0 fully saturated rings. The van der Waals surface area contributed by atoms with E-state index in [1.807, 2.05) is 43.3 Å². The van der Waals surface area contributed by atoms with E-state index in [0.717, 1.165) is 33.2 Å². The largest absolute Gasteiger partial charge is 0.496 e. The fourth-order valence-corrected chi connectivity index (χ4v) is 3.84. The molecule has 3 aromatic carbocycles. The summed E-state index contributed by atoms with van der Waals surface area (Å²) in [6, 6.07) is 15.3. The number of allylic oxidation sites excluding steroid dienone is 1. The Balaban J connectivity index is 2.00. The van der Waals surface area contributed by atoms with Crippen LogP contribution in [-0.4, -0.2) is 12.9 Å². The van der Waals surface area contributed by atoms with Gasteiger partial charge in [-0.2, -0.15) is 0 Å². The minimum Gasteiger partial charge on any atom is -0.496 e. The van der Waals surface area contributed by atoms with Crippen molar-refractivity contribution in [3.63, 3.8) is 0 Å². The minimum absolute atomic E-state index is 0.0219. The molecule has 4 rings (SSSR count). The van der Waals surface area contributed by atoms with Crippen molar-refractivity contribution in [2.75, 3.05) is 7.11 Å². The third-order valence-corrected chi connectivity index (χ3v) is 5.08. The van der Waals surface area contributed by atoms with Gasteiger partial charge in [-0.3, -0.25) is 4.79 Å². The monoisotopic (exact) mass is 346 g/mol. The van der Waals surface area contributed by atoms with Gasteiger partial charge in [0.15, 0.2) is 5.78 Å². The van der Waals surface area contributed by atoms with E-state index in [4.69, 9.17) is 4.74 Å². The zero-order chi connectivity index (χ0) is 18.3. The first-order valence-corrected chi connectivity index (χ1v) is 8.72. The van der Waals surface area contributed by atoms with Gasteiger partial charge in [-0.25, -0.2) is 4.39 Å². The molecule has 0 bridgehead atoms. The number of hydrogen-bond donors (Lipinski definition) is 0. The second-order valence-electron chi connectivity index (χ2n) is 6.47. The van der Waals surface area contributed by atoms with E-state index in [2.05, 4.69) is 6.07 Å². The standard InChI is InChI=1S/C23H19FO2/c1-3-22(26-2)15-8-7-14-5-4-6-16(19(14)13-15)17-9-11-20(24)18-10-12-21(25)23(17)18/h3-9,11,13H,10,12H2,1-2H3. The second-order valence-corrected chi connectivity index (χ2v) is 6.47. The molecule has 26 heavy (non-hydrogen) atoms. The first kappa shape index (κ1) is 16.5. The fourth-order valence-electron chi connectivity index (χ4n) is 3.84. The number of fused-ring (bicyclic) bond motifs is 2. The highest BCUT2D eigenvalue weighted by Gasteiger charge is 2.27.